The number of carbonyl (C=O) groups excluding carboxylic acids is 1. The van der Waals surface area contributed by atoms with Gasteiger partial charge in [-0.15, -0.1) is 0 Å². The number of esters is 1. The summed E-state index contributed by atoms with van der Waals surface area (Å²) in [5.74, 6) is -0.138. The molecule has 94 valence electrons. The maximum Gasteiger partial charge on any atom is 0.322 e. The largest absolute Gasteiger partial charge is 0.468 e. The summed E-state index contributed by atoms with van der Waals surface area (Å²) < 4.78 is 4.78. The average molecular weight is 228 g/mol. The Balaban J connectivity index is 2.43. The van der Waals surface area contributed by atoms with Gasteiger partial charge in [0.25, 0.3) is 0 Å². The number of carbonyl (C=O) groups is 1. The fourth-order valence-electron chi connectivity index (χ4n) is 2.30. The van der Waals surface area contributed by atoms with Crippen LogP contribution in [-0.4, -0.2) is 61.6 Å². The lowest BCUT2D eigenvalue weighted by molar-refractivity contribution is -0.147. The minimum absolute atomic E-state index is 0.136. The second-order valence-electron chi connectivity index (χ2n) is 4.53. The van der Waals surface area contributed by atoms with E-state index in [1.165, 1.54) is 7.11 Å². The zero-order chi connectivity index (χ0) is 12.1. The maximum absolute atomic E-state index is 11.4. The summed E-state index contributed by atoms with van der Waals surface area (Å²) in [4.78, 5) is 16.0. The van der Waals surface area contributed by atoms with E-state index in [2.05, 4.69) is 16.7 Å². The van der Waals surface area contributed by atoms with Crippen LogP contribution >= 0.6 is 0 Å². The van der Waals surface area contributed by atoms with Gasteiger partial charge in [0, 0.05) is 6.04 Å². The maximum atomic E-state index is 11.4. The van der Waals surface area contributed by atoms with E-state index in [1.807, 2.05) is 14.0 Å². The zero-order valence-electron chi connectivity index (χ0n) is 10.9. The molecule has 1 saturated heterocycles. The molecule has 0 aromatic heterocycles. The lowest BCUT2D eigenvalue weighted by atomic mass is 10.0. The summed E-state index contributed by atoms with van der Waals surface area (Å²) in [5, 5.41) is 0. The highest BCUT2D eigenvalue weighted by atomic mass is 16.5. The third-order valence-corrected chi connectivity index (χ3v) is 3.73. The molecule has 0 aliphatic carbocycles. The van der Waals surface area contributed by atoms with Crippen molar-refractivity contribution in [2.24, 2.45) is 0 Å². The molecular weight excluding hydrogens is 204 g/mol. The monoisotopic (exact) mass is 228 g/mol. The third kappa shape index (κ3) is 3.19. The predicted molar refractivity (Wildman–Crippen MR) is 64.4 cm³/mol. The molecule has 1 unspecified atom stereocenters. The van der Waals surface area contributed by atoms with E-state index in [9.17, 15) is 4.79 Å². The molecule has 1 aliphatic heterocycles. The van der Waals surface area contributed by atoms with Crippen molar-refractivity contribution in [2.45, 2.75) is 38.8 Å². The molecule has 0 aromatic rings. The Kier molecular flexibility index (Phi) is 5.22. The van der Waals surface area contributed by atoms with Gasteiger partial charge in [-0.25, -0.2) is 0 Å². The van der Waals surface area contributed by atoms with Gasteiger partial charge in [0.1, 0.15) is 6.04 Å². The summed E-state index contributed by atoms with van der Waals surface area (Å²) >= 11 is 0. The molecule has 0 N–H and O–H groups in total. The van der Waals surface area contributed by atoms with Crippen molar-refractivity contribution in [3.8, 4) is 0 Å². The first-order valence-electron chi connectivity index (χ1n) is 6.12. The van der Waals surface area contributed by atoms with E-state index in [-0.39, 0.29) is 12.0 Å². The van der Waals surface area contributed by atoms with Crippen LogP contribution in [0.1, 0.15) is 26.7 Å². The molecule has 4 heteroatoms. The van der Waals surface area contributed by atoms with Crippen molar-refractivity contribution in [1.82, 2.24) is 9.80 Å². The molecule has 0 amide bonds. The number of piperidine rings is 1. The first kappa shape index (κ1) is 13.5. The summed E-state index contributed by atoms with van der Waals surface area (Å²) in [5.41, 5.74) is 0. The lowest BCUT2D eigenvalue weighted by Gasteiger charge is -2.38. The van der Waals surface area contributed by atoms with Crippen molar-refractivity contribution in [3.63, 3.8) is 0 Å². The number of methoxy groups -OCH3 is 1. The minimum Gasteiger partial charge on any atom is -0.468 e. The Labute approximate surface area is 98.5 Å². The van der Waals surface area contributed by atoms with Gasteiger partial charge in [-0.3, -0.25) is 9.69 Å². The van der Waals surface area contributed by atoms with Gasteiger partial charge in [0.2, 0.25) is 0 Å². The van der Waals surface area contributed by atoms with Gasteiger partial charge in [-0.2, -0.15) is 0 Å². The van der Waals surface area contributed by atoms with Crippen molar-refractivity contribution in [2.75, 3.05) is 33.8 Å². The fraction of sp³-hybridized carbons (Fsp3) is 0.917. The summed E-state index contributed by atoms with van der Waals surface area (Å²) in [6.07, 6.45) is 2.29. The van der Waals surface area contributed by atoms with Crippen LogP contribution in [0.15, 0.2) is 0 Å². The number of hydrogen-bond donors (Lipinski definition) is 0. The summed E-state index contributed by atoms with van der Waals surface area (Å²) in [7, 11) is 3.47. The van der Waals surface area contributed by atoms with Crippen molar-refractivity contribution in [3.05, 3.63) is 0 Å². The van der Waals surface area contributed by atoms with Crippen LogP contribution in [0.5, 0.6) is 0 Å². The number of hydrogen-bond acceptors (Lipinski definition) is 4. The minimum atomic E-state index is -0.138. The highest BCUT2D eigenvalue weighted by molar-refractivity contribution is 5.75. The lowest BCUT2D eigenvalue weighted by Crippen LogP contribution is -2.48. The molecule has 0 bridgehead atoms. The summed E-state index contributed by atoms with van der Waals surface area (Å²) in [6, 6.07) is 0.375. The quantitative estimate of drug-likeness (QED) is 0.671. The van der Waals surface area contributed by atoms with E-state index in [1.54, 1.807) is 0 Å². The molecule has 1 aliphatic rings. The molecule has 0 saturated carbocycles. The molecular formula is C12H24N2O2. The van der Waals surface area contributed by atoms with E-state index in [0.29, 0.717) is 6.04 Å². The molecule has 1 fully saturated rings. The molecule has 1 rings (SSSR count). The molecule has 1 atom stereocenters. The van der Waals surface area contributed by atoms with Gasteiger partial charge in [0.15, 0.2) is 0 Å². The zero-order valence-corrected chi connectivity index (χ0v) is 10.9. The first-order valence-corrected chi connectivity index (χ1v) is 6.12. The second-order valence-corrected chi connectivity index (χ2v) is 4.53. The molecule has 0 spiro atoms. The molecule has 0 radical (unpaired) electrons. The van der Waals surface area contributed by atoms with Crippen LogP contribution in [0.2, 0.25) is 0 Å². The SMILES string of the molecule is CCN1CCC(N(C)C(C)C(=O)OC)CC1. The van der Waals surface area contributed by atoms with Gasteiger partial charge >= 0.3 is 5.97 Å². The third-order valence-electron chi connectivity index (χ3n) is 3.73. The van der Waals surface area contributed by atoms with Crippen LogP contribution in [0.25, 0.3) is 0 Å². The molecule has 4 nitrogen and oxygen atoms in total. The van der Waals surface area contributed by atoms with Gasteiger partial charge in [-0.05, 0) is 46.4 Å². The smallest absolute Gasteiger partial charge is 0.322 e. The Morgan fingerprint density at radius 2 is 2.06 bits per heavy atom. The number of rotatable bonds is 4. The highest BCUT2D eigenvalue weighted by Crippen LogP contribution is 2.17. The predicted octanol–water partition coefficient (Wildman–Crippen LogP) is 0.964. The average Bonchev–Trinajstić information content (AvgIpc) is 2.36. The van der Waals surface area contributed by atoms with E-state index in [0.717, 1.165) is 32.5 Å². The number of likely N-dealkylation sites (N-methyl/N-ethyl adjacent to an activating group) is 1. The standard InChI is InChI=1S/C12H24N2O2/c1-5-14-8-6-11(7-9-14)13(3)10(2)12(15)16-4/h10-11H,5-9H2,1-4H3. The molecule has 16 heavy (non-hydrogen) atoms. The number of likely N-dealkylation sites (tertiary alicyclic amines) is 1. The second kappa shape index (κ2) is 6.21. The van der Waals surface area contributed by atoms with Crippen molar-refractivity contribution in [1.29, 1.82) is 0 Å². The Hall–Kier alpha value is -0.610. The topological polar surface area (TPSA) is 32.8 Å². The van der Waals surface area contributed by atoms with Crippen LogP contribution in [0, 0.1) is 0 Å². The van der Waals surface area contributed by atoms with Crippen molar-refractivity contribution >= 4 is 5.97 Å². The van der Waals surface area contributed by atoms with Gasteiger partial charge < -0.3 is 9.64 Å². The normalized spacial score (nSPS) is 21.1. The van der Waals surface area contributed by atoms with E-state index >= 15 is 0 Å². The number of nitrogens with zero attached hydrogens (tertiary/aromatic N) is 2. The van der Waals surface area contributed by atoms with E-state index < -0.39 is 0 Å². The van der Waals surface area contributed by atoms with Crippen molar-refractivity contribution < 1.29 is 9.53 Å². The van der Waals surface area contributed by atoms with Crippen LogP contribution in [0.4, 0.5) is 0 Å². The molecule has 1 heterocycles. The van der Waals surface area contributed by atoms with Crippen LogP contribution in [-0.2, 0) is 9.53 Å². The Bertz CT molecular complexity index is 225. The van der Waals surface area contributed by atoms with E-state index in [4.69, 9.17) is 4.74 Å². The molecule has 0 aromatic carbocycles. The summed E-state index contributed by atoms with van der Waals surface area (Å²) in [6.45, 7) is 7.51. The highest BCUT2D eigenvalue weighted by Gasteiger charge is 2.28. The van der Waals surface area contributed by atoms with Gasteiger partial charge in [0.05, 0.1) is 7.11 Å². The fourth-order valence-corrected chi connectivity index (χ4v) is 2.30. The van der Waals surface area contributed by atoms with Crippen LogP contribution in [0.3, 0.4) is 0 Å². The first-order chi connectivity index (χ1) is 7.60. The Morgan fingerprint density at radius 3 is 2.50 bits per heavy atom. The van der Waals surface area contributed by atoms with Crippen LogP contribution < -0.4 is 0 Å². The van der Waals surface area contributed by atoms with Gasteiger partial charge in [-0.1, -0.05) is 6.92 Å². The number of ether oxygens (including phenoxy) is 1. The Morgan fingerprint density at radius 1 is 1.50 bits per heavy atom.